The number of aryl methyl sites for hydroxylation is 2. The van der Waals surface area contributed by atoms with Gasteiger partial charge in [0.1, 0.15) is 18.5 Å². The van der Waals surface area contributed by atoms with E-state index in [1.54, 1.807) is 0 Å². The Morgan fingerprint density at radius 1 is 1.35 bits per heavy atom. The molecule has 3 nitrogen and oxygen atoms in total. The predicted octanol–water partition coefficient (Wildman–Crippen LogP) is 2.82. The second-order valence-electron chi connectivity index (χ2n) is 6.22. The molecule has 1 aliphatic rings. The van der Waals surface area contributed by atoms with E-state index < -0.39 is 6.10 Å². The van der Waals surface area contributed by atoms with Crippen molar-refractivity contribution < 1.29 is 9.84 Å². The van der Waals surface area contributed by atoms with Crippen LogP contribution >= 0.6 is 0 Å². The van der Waals surface area contributed by atoms with Crippen LogP contribution in [0, 0.1) is 19.8 Å². The van der Waals surface area contributed by atoms with Gasteiger partial charge in [-0.1, -0.05) is 25.0 Å². The lowest BCUT2D eigenvalue weighted by Gasteiger charge is -2.18. The summed E-state index contributed by atoms with van der Waals surface area (Å²) in [4.78, 5) is 0. The zero-order chi connectivity index (χ0) is 14.5. The lowest BCUT2D eigenvalue weighted by Crippen LogP contribution is -2.36. The molecule has 0 heterocycles. The van der Waals surface area contributed by atoms with Gasteiger partial charge in [0.25, 0.3) is 0 Å². The highest BCUT2D eigenvalue weighted by atomic mass is 16.5. The Morgan fingerprint density at radius 2 is 2.10 bits per heavy atom. The summed E-state index contributed by atoms with van der Waals surface area (Å²) in [5.41, 5.74) is 2.29. The highest BCUT2D eigenvalue weighted by Crippen LogP contribution is 2.33. The molecule has 3 heteroatoms. The topological polar surface area (TPSA) is 41.5 Å². The number of rotatable bonds is 8. The summed E-state index contributed by atoms with van der Waals surface area (Å²) in [5, 5.41) is 13.4. The summed E-state index contributed by atoms with van der Waals surface area (Å²) in [7, 11) is 0. The van der Waals surface area contributed by atoms with E-state index in [0.717, 1.165) is 17.2 Å². The number of nitrogens with one attached hydrogen (secondary N) is 1. The molecule has 1 aromatic rings. The Hall–Kier alpha value is -1.06. The molecule has 0 saturated heterocycles. The first-order valence-electron chi connectivity index (χ1n) is 7.66. The van der Waals surface area contributed by atoms with Crippen molar-refractivity contribution in [3.8, 4) is 5.75 Å². The second-order valence-corrected chi connectivity index (χ2v) is 6.22. The fourth-order valence-corrected chi connectivity index (χ4v) is 2.38. The van der Waals surface area contributed by atoms with Crippen LogP contribution in [0.3, 0.4) is 0 Å². The molecule has 2 N–H and O–H groups in total. The molecule has 2 atom stereocenters. The molecule has 20 heavy (non-hydrogen) atoms. The third-order valence-electron chi connectivity index (χ3n) is 3.86. The van der Waals surface area contributed by atoms with Gasteiger partial charge in [-0.2, -0.15) is 0 Å². The standard InChI is InChI=1S/C17H27NO2/c1-12-4-5-13(2)17(8-12)20-11-16(19)10-18-14(3)9-15-6-7-15/h4-5,8,14-16,18-19H,6-7,9-11H2,1-3H3. The van der Waals surface area contributed by atoms with Crippen LogP contribution in [0.2, 0.25) is 0 Å². The molecule has 2 unspecified atom stereocenters. The third-order valence-corrected chi connectivity index (χ3v) is 3.86. The van der Waals surface area contributed by atoms with Crippen LogP contribution in [0.1, 0.15) is 37.3 Å². The van der Waals surface area contributed by atoms with Gasteiger partial charge >= 0.3 is 0 Å². The molecule has 0 bridgehead atoms. The van der Waals surface area contributed by atoms with Gasteiger partial charge in [-0.05, 0) is 50.3 Å². The maximum Gasteiger partial charge on any atom is 0.122 e. The minimum absolute atomic E-state index is 0.341. The molecule has 1 aromatic carbocycles. The van der Waals surface area contributed by atoms with Gasteiger partial charge in [-0.3, -0.25) is 0 Å². The summed E-state index contributed by atoms with van der Waals surface area (Å²) in [6.07, 6.45) is 3.52. The lowest BCUT2D eigenvalue weighted by atomic mass is 10.1. The fourth-order valence-electron chi connectivity index (χ4n) is 2.38. The van der Waals surface area contributed by atoms with E-state index in [1.165, 1.54) is 24.8 Å². The SMILES string of the molecule is Cc1ccc(C)c(OCC(O)CNC(C)CC2CC2)c1. The van der Waals surface area contributed by atoms with E-state index in [2.05, 4.69) is 18.3 Å². The first-order chi connectivity index (χ1) is 9.54. The van der Waals surface area contributed by atoms with Gasteiger partial charge in [-0.15, -0.1) is 0 Å². The Labute approximate surface area is 122 Å². The van der Waals surface area contributed by atoms with Crippen LogP contribution in [0.5, 0.6) is 5.75 Å². The number of aliphatic hydroxyl groups excluding tert-OH is 1. The highest BCUT2D eigenvalue weighted by molar-refractivity contribution is 5.35. The van der Waals surface area contributed by atoms with Crippen LogP contribution in [0.25, 0.3) is 0 Å². The number of ether oxygens (including phenoxy) is 1. The Balaban J connectivity index is 1.68. The van der Waals surface area contributed by atoms with Gasteiger partial charge in [0.05, 0.1) is 0 Å². The van der Waals surface area contributed by atoms with E-state index >= 15 is 0 Å². The van der Waals surface area contributed by atoms with Gasteiger partial charge in [-0.25, -0.2) is 0 Å². The minimum Gasteiger partial charge on any atom is -0.491 e. The first-order valence-corrected chi connectivity index (χ1v) is 7.66. The van der Waals surface area contributed by atoms with Crippen LogP contribution in [-0.2, 0) is 0 Å². The Kier molecular flexibility index (Phi) is 5.44. The summed E-state index contributed by atoms with van der Waals surface area (Å²) < 4.78 is 5.72. The van der Waals surface area contributed by atoms with Crippen LogP contribution in [-0.4, -0.2) is 30.4 Å². The van der Waals surface area contributed by atoms with Crippen molar-refractivity contribution in [2.24, 2.45) is 5.92 Å². The molecule has 112 valence electrons. The van der Waals surface area contributed by atoms with Crippen molar-refractivity contribution in [1.82, 2.24) is 5.32 Å². The number of benzene rings is 1. The van der Waals surface area contributed by atoms with E-state index in [9.17, 15) is 5.11 Å². The quantitative estimate of drug-likeness (QED) is 0.768. The van der Waals surface area contributed by atoms with Crippen molar-refractivity contribution in [2.75, 3.05) is 13.2 Å². The monoisotopic (exact) mass is 277 g/mol. The van der Waals surface area contributed by atoms with Gasteiger partial charge in [0, 0.05) is 12.6 Å². The number of hydrogen-bond donors (Lipinski definition) is 2. The van der Waals surface area contributed by atoms with Crippen molar-refractivity contribution in [2.45, 2.75) is 52.2 Å². The number of aliphatic hydroxyl groups is 1. The summed E-state index contributed by atoms with van der Waals surface area (Å²) in [6.45, 7) is 7.20. The second kappa shape index (κ2) is 7.09. The first kappa shape index (κ1) is 15.3. The summed E-state index contributed by atoms with van der Waals surface area (Å²) >= 11 is 0. The van der Waals surface area contributed by atoms with Gasteiger partial charge < -0.3 is 15.2 Å². The van der Waals surface area contributed by atoms with Gasteiger partial charge in [0.15, 0.2) is 0 Å². The van der Waals surface area contributed by atoms with Crippen LogP contribution < -0.4 is 10.1 Å². The molecule has 1 fully saturated rings. The molecular formula is C17H27NO2. The largest absolute Gasteiger partial charge is 0.491 e. The zero-order valence-electron chi connectivity index (χ0n) is 12.9. The van der Waals surface area contributed by atoms with Crippen molar-refractivity contribution in [3.05, 3.63) is 29.3 Å². The Bertz CT molecular complexity index is 429. The molecule has 0 spiro atoms. The highest BCUT2D eigenvalue weighted by Gasteiger charge is 2.23. The molecule has 0 aromatic heterocycles. The molecule has 1 aliphatic carbocycles. The average molecular weight is 277 g/mol. The zero-order valence-corrected chi connectivity index (χ0v) is 12.9. The average Bonchev–Trinajstić information content (AvgIpc) is 3.21. The van der Waals surface area contributed by atoms with Gasteiger partial charge in [0.2, 0.25) is 0 Å². The molecule has 2 rings (SSSR count). The molecule has 0 radical (unpaired) electrons. The van der Waals surface area contributed by atoms with E-state index in [-0.39, 0.29) is 0 Å². The Morgan fingerprint density at radius 3 is 2.80 bits per heavy atom. The van der Waals surface area contributed by atoms with Crippen molar-refractivity contribution in [1.29, 1.82) is 0 Å². The summed E-state index contributed by atoms with van der Waals surface area (Å²) in [5.74, 6) is 1.79. The van der Waals surface area contributed by atoms with Crippen LogP contribution in [0.15, 0.2) is 18.2 Å². The smallest absolute Gasteiger partial charge is 0.122 e. The number of hydrogen-bond acceptors (Lipinski definition) is 3. The van der Waals surface area contributed by atoms with E-state index in [1.807, 2.05) is 26.0 Å². The normalized spacial score (nSPS) is 17.8. The van der Waals surface area contributed by atoms with Crippen molar-refractivity contribution >= 4 is 0 Å². The molecular weight excluding hydrogens is 250 g/mol. The van der Waals surface area contributed by atoms with E-state index in [0.29, 0.717) is 19.2 Å². The summed E-state index contributed by atoms with van der Waals surface area (Å²) in [6, 6.07) is 6.62. The molecule has 1 saturated carbocycles. The van der Waals surface area contributed by atoms with Crippen molar-refractivity contribution in [3.63, 3.8) is 0 Å². The van der Waals surface area contributed by atoms with Crippen LogP contribution in [0.4, 0.5) is 0 Å². The third kappa shape index (κ3) is 5.14. The maximum atomic E-state index is 9.98. The van der Waals surface area contributed by atoms with E-state index in [4.69, 9.17) is 4.74 Å². The minimum atomic E-state index is -0.462. The fraction of sp³-hybridized carbons (Fsp3) is 0.647. The molecule has 0 amide bonds. The lowest BCUT2D eigenvalue weighted by molar-refractivity contribution is 0.103. The maximum absolute atomic E-state index is 9.98. The molecule has 0 aliphatic heterocycles. The predicted molar refractivity (Wildman–Crippen MR) is 82.2 cm³/mol.